The molecule has 0 spiro atoms. The van der Waals surface area contributed by atoms with E-state index in [4.69, 9.17) is 0 Å². The minimum Gasteiger partial charge on any atom is -0.335 e. The molecule has 3 heterocycles. The summed E-state index contributed by atoms with van der Waals surface area (Å²) in [5.41, 5.74) is 2.42. The van der Waals surface area contributed by atoms with Gasteiger partial charge in [0, 0.05) is 25.5 Å². The first-order valence-corrected chi connectivity index (χ1v) is 8.48. The van der Waals surface area contributed by atoms with Crippen molar-refractivity contribution in [3.8, 4) is 5.69 Å². The summed E-state index contributed by atoms with van der Waals surface area (Å²) in [6.07, 6.45) is 7.42. The van der Waals surface area contributed by atoms with Crippen LogP contribution >= 0.6 is 0 Å². The fourth-order valence-electron chi connectivity index (χ4n) is 3.27. The largest absolute Gasteiger partial charge is 0.335 e. The molecule has 0 N–H and O–H groups in total. The Balaban J connectivity index is 1.51. The molecule has 0 bridgehead atoms. The Bertz CT molecular complexity index is 869. The maximum atomic E-state index is 12.8. The highest BCUT2D eigenvalue weighted by Crippen LogP contribution is 2.22. The number of piperidine rings is 1. The van der Waals surface area contributed by atoms with Gasteiger partial charge in [-0.3, -0.25) is 9.48 Å². The van der Waals surface area contributed by atoms with Crippen molar-refractivity contribution >= 4 is 5.91 Å². The van der Waals surface area contributed by atoms with Crippen LogP contribution in [0.25, 0.3) is 5.69 Å². The predicted molar refractivity (Wildman–Crippen MR) is 92.5 cm³/mol. The van der Waals surface area contributed by atoms with Gasteiger partial charge in [0.2, 0.25) is 0 Å². The van der Waals surface area contributed by atoms with Crippen LogP contribution in [0.3, 0.4) is 0 Å². The van der Waals surface area contributed by atoms with Crippen molar-refractivity contribution in [1.82, 2.24) is 29.7 Å². The zero-order valence-corrected chi connectivity index (χ0v) is 14.1. The van der Waals surface area contributed by atoms with Gasteiger partial charge in [0.1, 0.15) is 0 Å². The third-order valence-corrected chi connectivity index (χ3v) is 4.56. The van der Waals surface area contributed by atoms with E-state index < -0.39 is 0 Å². The quantitative estimate of drug-likeness (QED) is 0.736. The van der Waals surface area contributed by atoms with Gasteiger partial charge in [-0.15, -0.1) is 5.10 Å². The minimum atomic E-state index is -0.0734. The lowest BCUT2D eigenvalue weighted by Crippen LogP contribution is -2.41. The van der Waals surface area contributed by atoms with Gasteiger partial charge in [0.15, 0.2) is 5.69 Å². The molecule has 1 aromatic carbocycles. The van der Waals surface area contributed by atoms with Crippen LogP contribution in [0, 0.1) is 6.92 Å². The van der Waals surface area contributed by atoms with Gasteiger partial charge >= 0.3 is 0 Å². The average Bonchev–Trinajstić information content (AvgIpc) is 3.33. The molecule has 0 radical (unpaired) electrons. The molecule has 0 saturated carbocycles. The van der Waals surface area contributed by atoms with Crippen LogP contribution in [0.1, 0.15) is 34.9 Å². The Morgan fingerprint density at radius 2 is 2.20 bits per heavy atom. The van der Waals surface area contributed by atoms with E-state index in [2.05, 4.69) is 15.4 Å². The summed E-state index contributed by atoms with van der Waals surface area (Å²) in [4.78, 5) is 14.7. The first-order chi connectivity index (χ1) is 12.2. The minimum absolute atomic E-state index is 0.0734. The maximum absolute atomic E-state index is 12.8. The van der Waals surface area contributed by atoms with Crippen molar-refractivity contribution in [2.75, 3.05) is 13.1 Å². The molecule has 1 saturated heterocycles. The van der Waals surface area contributed by atoms with Gasteiger partial charge in [-0.2, -0.15) is 5.10 Å². The number of amides is 1. The van der Waals surface area contributed by atoms with Crippen LogP contribution in [0.2, 0.25) is 0 Å². The molecule has 25 heavy (non-hydrogen) atoms. The molecule has 7 heteroatoms. The molecule has 1 aliphatic rings. The average molecular weight is 336 g/mol. The second-order valence-electron chi connectivity index (χ2n) is 6.42. The van der Waals surface area contributed by atoms with E-state index in [0.29, 0.717) is 12.2 Å². The second-order valence-corrected chi connectivity index (χ2v) is 6.42. The van der Waals surface area contributed by atoms with Crippen LogP contribution in [-0.4, -0.2) is 48.7 Å². The number of nitrogens with zero attached hydrogens (tertiary/aromatic N) is 6. The zero-order chi connectivity index (χ0) is 17.2. The number of benzene rings is 1. The summed E-state index contributed by atoms with van der Waals surface area (Å²) < 4.78 is 3.58. The van der Waals surface area contributed by atoms with E-state index in [9.17, 15) is 4.79 Å². The number of likely N-dealkylation sites (tertiary alicyclic amines) is 1. The standard InChI is InChI=1S/C18H20N6O/c1-14-5-2-6-15(11-14)24-13-17(20-21-24)18(25)22-9-3-7-16(12-22)23-10-4-8-19-23/h2,4-6,8,10-11,13,16H,3,7,9,12H2,1H3/t16-/m1/s1. The smallest absolute Gasteiger partial charge is 0.276 e. The summed E-state index contributed by atoms with van der Waals surface area (Å²) in [6.45, 7) is 3.42. The Kier molecular flexibility index (Phi) is 4.05. The number of hydrogen-bond acceptors (Lipinski definition) is 4. The van der Waals surface area contributed by atoms with Crippen LogP contribution in [0.15, 0.2) is 48.9 Å². The molecule has 2 aromatic heterocycles. The number of aromatic nitrogens is 5. The van der Waals surface area contributed by atoms with Gasteiger partial charge in [0.05, 0.1) is 17.9 Å². The molecule has 0 unspecified atom stereocenters. The molecule has 7 nitrogen and oxygen atoms in total. The lowest BCUT2D eigenvalue weighted by atomic mass is 10.1. The molecule has 128 valence electrons. The Morgan fingerprint density at radius 3 is 3.00 bits per heavy atom. The normalized spacial score (nSPS) is 17.6. The van der Waals surface area contributed by atoms with Crippen molar-refractivity contribution in [1.29, 1.82) is 0 Å². The molecule has 0 aliphatic carbocycles. The third-order valence-electron chi connectivity index (χ3n) is 4.56. The topological polar surface area (TPSA) is 68.8 Å². The summed E-state index contributed by atoms with van der Waals surface area (Å²) >= 11 is 0. The van der Waals surface area contributed by atoms with Crippen molar-refractivity contribution in [2.24, 2.45) is 0 Å². The van der Waals surface area contributed by atoms with Crippen LogP contribution in [0.5, 0.6) is 0 Å². The summed E-state index contributed by atoms with van der Waals surface area (Å²) in [7, 11) is 0. The summed E-state index contributed by atoms with van der Waals surface area (Å²) in [6, 6.07) is 10.1. The first-order valence-electron chi connectivity index (χ1n) is 8.48. The fraction of sp³-hybridized carbons (Fsp3) is 0.333. The van der Waals surface area contributed by atoms with E-state index in [1.807, 2.05) is 53.0 Å². The van der Waals surface area contributed by atoms with E-state index in [-0.39, 0.29) is 11.9 Å². The van der Waals surface area contributed by atoms with Crippen molar-refractivity contribution < 1.29 is 4.79 Å². The zero-order valence-electron chi connectivity index (χ0n) is 14.1. The molecule has 1 amide bonds. The van der Waals surface area contributed by atoms with Crippen molar-refractivity contribution in [3.63, 3.8) is 0 Å². The highest BCUT2D eigenvalue weighted by atomic mass is 16.2. The van der Waals surface area contributed by atoms with E-state index >= 15 is 0 Å². The van der Waals surface area contributed by atoms with Gasteiger partial charge < -0.3 is 4.90 Å². The number of rotatable bonds is 3. The molecular formula is C18H20N6O. The van der Waals surface area contributed by atoms with Crippen molar-refractivity contribution in [3.05, 3.63) is 60.2 Å². The van der Waals surface area contributed by atoms with Crippen LogP contribution in [-0.2, 0) is 0 Å². The highest BCUT2D eigenvalue weighted by Gasteiger charge is 2.27. The molecule has 4 rings (SSSR count). The maximum Gasteiger partial charge on any atom is 0.276 e. The Labute approximate surface area is 145 Å². The Morgan fingerprint density at radius 1 is 1.28 bits per heavy atom. The van der Waals surface area contributed by atoms with Crippen molar-refractivity contribution in [2.45, 2.75) is 25.8 Å². The van der Waals surface area contributed by atoms with Gasteiger partial charge in [-0.05, 0) is 43.5 Å². The number of carbonyl (C=O) groups is 1. The van der Waals surface area contributed by atoms with Gasteiger partial charge in [-0.25, -0.2) is 4.68 Å². The summed E-state index contributed by atoms with van der Waals surface area (Å²) in [5, 5.41) is 12.5. The lowest BCUT2D eigenvalue weighted by molar-refractivity contribution is 0.0667. The third kappa shape index (κ3) is 3.17. The van der Waals surface area contributed by atoms with Gasteiger partial charge in [0.25, 0.3) is 5.91 Å². The Hall–Kier alpha value is -2.96. The lowest BCUT2D eigenvalue weighted by Gasteiger charge is -2.32. The van der Waals surface area contributed by atoms with Gasteiger partial charge in [-0.1, -0.05) is 17.3 Å². The number of aryl methyl sites for hydroxylation is 1. The predicted octanol–water partition coefficient (Wildman–Crippen LogP) is 2.25. The molecule has 1 fully saturated rings. The molecule has 3 aromatic rings. The van der Waals surface area contributed by atoms with Crippen LogP contribution < -0.4 is 0 Å². The van der Waals surface area contributed by atoms with E-state index in [0.717, 1.165) is 30.6 Å². The SMILES string of the molecule is Cc1cccc(-n2cc(C(=O)N3CCC[C@@H](n4cccn4)C3)nn2)c1. The van der Waals surface area contributed by atoms with E-state index in [1.165, 1.54) is 0 Å². The highest BCUT2D eigenvalue weighted by molar-refractivity contribution is 5.92. The molecular weight excluding hydrogens is 316 g/mol. The first kappa shape index (κ1) is 15.6. The molecule has 1 atom stereocenters. The van der Waals surface area contributed by atoms with E-state index in [1.54, 1.807) is 17.1 Å². The number of carbonyl (C=O) groups excluding carboxylic acids is 1. The van der Waals surface area contributed by atoms with Crippen LogP contribution in [0.4, 0.5) is 0 Å². The monoisotopic (exact) mass is 336 g/mol. The number of hydrogen-bond donors (Lipinski definition) is 0. The molecule has 1 aliphatic heterocycles. The second kappa shape index (κ2) is 6.51. The fourth-order valence-corrected chi connectivity index (χ4v) is 3.27. The summed E-state index contributed by atoms with van der Waals surface area (Å²) in [5.74, 6) is -0.0734.